The van der Waals surface area contributed by atoms with Crippen molar-refractivity contribution in [2.24, 2.45) is 0 Å². The molecule has 0 aliphatic carbocycles. The molecule has 7 atom stereocenters. The van der Waals surface area contributed by atoms with E-state index >= 15 is 0 Å². The van der Waals surface area contributed by atoms with E-state index in [0.29, 0.717) is 24.0 Å². The fraction of sp³-hybridized carbons (Fsp3) is 0.520. The zero-order valence-electron chi connectivity index (χ0n) is 19.7. The van der Waals surface area contributed by atoms with Gasteiger partial charge in [-0.25, -0.2) is 0 Å². The van der Waals surface area contributed by atoms with E-state index in [-0.39, 0.29) is 36.2 Å². The zero-order chi connectivity index (χ0) is 26.0. The van der Waals surface area contributed by atoms with Crippen LogP contribution in [0, 0.1) is 0 Å². The molecule has 11 nitrogen and oxygen atoms in total. The number of aryl methyl sites for hydroxylation is 1. The molecule has 198 valence electrons. The molecule has 2 aliphatic heterocycles. The number of phenols is 1. The van der Waals surface area contributed by atoms with Crippen LogP contribution in [0.25, 0.3) is 0 Å². The average molecular weight is 509 g/mol. The molecule has 1 fully saturated rings. The largest absolute Gasteiger partial charge is 0.504 e. The van der Waals surface area contributed by atoms with E-state index in [4.69, 9.17) is 18.9 Å². The Bertz CT molecular complexity index is 1040. The van der Waals surface area contributed by atoms with Crippen LogP contribution in [0.2, 0.25) is 0 Å². The number of benzene rings is 2. The summed E-state index contributed by atoms with van der Waals surface area (Å²) in [5, 5.41) is 69.7. The van der Waals surface area contributed by atoms with Crippen LogP contribution in [0.5, 0.6) is 23.0 Å². The van der Waals surface area contributed by atoms with Crippen molar-refractivity contribution in [3.63, 3.8) is 0 Å². The molecule has 0 aromatic heterocycles. The number of methoxy groups -OCH3 is 1. The molecule has 1 saturated heterocycles. The summed E-state index contributed by atoms with van der Waals surface area (Å²) < 4.78 is 22.9. The molecule has 7 N–H and O–H groups in total. The first-order chi connectivity index (χ1) is 17.3. The molecule has 0 radical (unpaired) electrons. The smallest absolute Gasteiger partial charge is 0.229 e. The second-order valence-corrected chi connectivity index (χ2v) is 8.91. The first-order valence-electron chi connectivity index (χ1n) is 11.7. The maximum absolute atomic E-state index is 10.5. The quantitative estimate of drug-likeness (QED) is 0.237. The monoisotopic (exact) mass is 508 g/mol. The van der Waals surface area contributed by atoms with Crippen LogP contribution in [0.4, 0.5) is 0 Å². The van der Waals surface area contributed by atoms with Crippen molar-refractivity contribution in [3.05, 3.63) is 47.0 Å². The Morgan fingerprint density at radius 2 is 1.69 bits per heavy atom. The van der Waals surface area contributed by atoms with E-state index in [1.54, 1.807) is 18.2 Å². The number of aromatic hydroxyl groups is 1. The number of aliphatic hydroxyl groups is 6. The number of fused-ring (bicyclic) bond motifs is 1. The highest BCUT2D eigenvalue weighted by molar-refractivity contribution is 5.56. The molecule has 2 aromatic rings. The molecular weight excluding hydrogens is 476 g/mol. The summed E-state index contributed by atoms with van der Waals surface area (Å²) in [6.07, 6.45) is -7.04. The van der Waals surface area contributed by atoms with Crippen molar-refractivity contribution < 1.29 is 54.7 Å². The fourth-order valence-electron chi connectivity index (χ4n) is 4.63. The lowest BCUT2D eigenvalue weighted by atomic mass is 9.90. The first kappa shape index (κ1) is 26.4. The summed E-state index contributed by atoms with van der Waals surface area (Å²) in [5.74, 6) is 0.133. The molecular formula is C25H32O11. The van der Waals surface area contributed by atoms with Crippen molar-refractivity contribution in [2.75, 3.05) is 26.9 Å². The van der Waals surface area contributed by atoms with Gasteiger partial charge in [-0.2, -0.15) is 0 Å². The maximum Gasteiger partial charge on any atom is 0.229 e. The summed E-state index contributed by atoms with van der Waals surface area (Å²) in [7, 11) is 1.42. The van der Waals surface area contributed by atoms with Gasteiger partial charge in [0, 0.05) is 12.2 Å². The molecule has 36 heavy (non-hydrogen) atoms. The standard InChI is InChI=1S/C25H32O11/c1-33-17-9-13(4-5-16(17)29)23-15(10-27)14-7-12(3-2-6-26)8-18(24(14)36-23)34-25-22(32)21(31)20(30)19(11-28)35-25/h4-5,7-9,15,19-23,25-32H,2-3,6,10-11H2,1H3/t15-,19+,20+,21-,22+,23+,25+/m0/s1. The van der Waals surface area contributed by atoms with Gasteiger partial charge in [-0.3, -0.25) is 0 Å². The van der Waals surface area contributed by atoms with Gasteiger partial charge in [-0.1, -0.05) is 12.1 Å². The van der Waals surface area contributed by atoms with Crippen LogP contribution >= 0.6 is 0 Å². The molecule has 0 spiro atoms. The van der Waals surface area contributed by atoms with Gasteiger partial charge < -0.3 is 54.7 Å². The van der Waals surface area contributed by atoms with Crippen LogP contribution in [0.15, 0.2) is 30.3 Å². The Kier molecular flexibility index (Phi) is 8.20. The Morgan fingerprint density at radius 1 is 0.917 bits per heavy atom. The first-order valence-corrected chi connectivity index (χ1v) is 11.7. The van der Waals surface area contributed by atoms with Crippen molar-refractivity contribution in [3.8, 4) is 23.0 Å². The van der Waals surface area contributed by atoms with Crippen molar-refractivity contribution in [1.82, 2.24) is 0 Å². The van der Waals surface area contributed by atoms with Gasteiger partial charge in [0.1, 0.15) is 30.5 Å². The minimum absolute atomic E-state index is 0.0319. The Balaban J connectivity index is 1.71. The van der Waals surface area contributed by atoms with E-state index in [1.165, 1.54) is 13.2 Å². The second kappa shape index (κ2) is 11.2. The predicted molar refractivity (Wildman–Crippen MR) is 124 cm³/mol. The zero-order valence-corrected chi connectivity index (χ0v) is 19.7. The lowest BCUT2D eigenvalue weighted by Gasteiger charge is -2.39. The highest BCUT2D eigenvalue weighted by atomic mass is 16.7. The van der Waals surface area contributed by atoms with E-state index < -0.39 is 49.3 Å². The van der Waals surface area contributed by atoms with E-state index in [2.05, 4.69) is 0 Å². The molecule has 2 aliphatic rings. The van der Waals surface area contributed by atoms with Gasteiger partial charge in [0.15, 0.2) is 23.0 Å². The van der Waals surface area contributed by atoms with Gasteiger partial charge in [-0.15, -0.1) is 0 Å². The third-order valence-corrected chi connectivity index (χ3v) is 6.60. The lowest BCUT2D eigenvalue weighted by molar-refractivity contribution is -0.277. The molecule has 4 rings (SSSR count). The van der Waals surface area contributed by atoms with Crippen molar-refractivity contribution in [2.45, 2.75) is 55.6 Å². The predicted octanol–water partition coefficient (Wildman–Crippen LogP) is -0.286. The van der Waals surface area contributed by atoms with Crippen LogP contribution in [0.3, 0.4) is 0 Å². The van der Waals surface area contributed by atoms with Crippen molar-refractivity contribution >= 4 is 0 Å². The van der Waals surface area contributed by atoms with E-state index in [1.807, 2.05) is 6.07 Å². The van der Waals surface area contributed by atoms with Crippen molar-refractivity contribution in [1.29, 1.82) is 0 Å². The van der Waals surface area contributed by atoms with E-state index in [0.717, 1.165) is 5.56 Å². The van der Waals surface area contributed by atoms with Crippen LogP contribution < -0.4 is 14.2 Å². The normalized spacial score (nSPS) is 29.5. The molecule has 11 heteroatoms. The average Bonchev–Trinajstić information content (AvgIpc) is 3.26. The van der Waals surface area contributed by atoms with Crippen LogP contribution in [0.1, 0.15) is 35.1 Å². The number of aliphatic hydroxyl groups excluding tert-OH is 6. The highest BCUT2D eigenvalue weighted by Crippen LogP contribution is 2.52. The molecule has 2 heterocycles. The third kappa shape index (κ3) is 4.96. The Labute approximate surface area is 207 Å². The van der Waals surface area contributed by atoms with Gasteiger partial charge in [-0.05, 0) is 42.2 Å². The van der Waals surface area contributed by atoms with Gasteiger partial charge in [0.2, 0.25) is 6.29 Å². The minimum Gasteiger partial charge on any atom is -0.504 e. The maximum atomic E-state index is 10.5. The fourth-order valence-corrected chi connectivity index (χ4v) is 4.63. The number of hydrogen-bond donors (Lipinski definition) is 7. The molecule has 0 saturated carbocycles. The van der Waals surface area contributed by atoms with Gasteiger partial charge in [0.05, 0.1) is 26.2 Å². The van der Waals surface area contributed by atoms with Gasteiger partial charge in [0.25, 0.3) is 0 Å². The number of rotatable bonds is 9. The van der Waals surface area contributed by atoms with Crippen LogP contribution in [-0.2, 0) is 11.2 Å². The number of hydrogen-bond acceptors (Lipinski definition) is 11. The topological polar surface area (TPSA) is 179 Å². The SMILES string of the molecule is COc1cc([C@H]2Oc3c(O[C@@H]4O[C@H](CO)[C@@H](O)[C@H](O)[C@H]4O)cc(CCCO)cc3[C@@H]2CO)ccc1O. The summed E-state index contributed by atoms with van der Waals surface area (Å²) in [6, 6.07) is 8.24. The molecule has 0 bridgehead atoms. The minimum atomic E-state index is -1.62. The Hall–Kier alpha value is -2.64. The van der Waals surface area contributed by atoms with Gasteiger partial charge >= 0.3 is 0 Å². The highest BCUT2D eigenvalue weighted by Gasteiger charge is 2.46. The second-order valence-electron chi connectivity index (χ2n) is 8.91. The van der Waals surface area contributed by atoms with E-state index in [9.17, 15) is 35.7 Å². The molecule has 0 amide bonds. The van der Waals surface area contributed by atoms with Crippen LogP contribution in [-0.4, -0.2) is 93.4 Å². The summed E-state index contributed by atoms with van der Waals surface area (Å²) in [6.45, 7) is -0.910. The Morgan fingerprint density at radius 3 is 2.36 bits per heavy atom. The summed E-state index contributed by atoms with van der Waals surface area (Å²) in [5.41, 5.74) is 2.04. The summed E-state index contributed by atoms with van der Waals surface area (Å²) >= 11 is 0. The summed E-state index contributed by atoms with van der Waals surface area (Å²) in [4.78, 5) is 0. The number of phenolic OH excluding ortho intramolecular Hbond substituents is 1. The third-order valence-electron chi connectivity index (χ3n) is 6.60. The molecule has 2 aromatic carbocycles. The number of ether oxygens (including phenoxy) is 4. The molecule has 0 unspecified atom stereocenters. The lowest BCUT2D eigenvalue weighted by Crippen LogP contribution is -2.60.